The largest absolute Gasteiger partial charge is 0.397 e. The molecule has 1 saturated heterocycles. The van der Waals surface area contributed by atoms with Gasteiger partial charge in [0.15, 0.2) is 0 Å². The van der Waals surface area contributed by atoms with Crippen LogP contribution >= 0.6 is 0 Å². The molecule has 0 radical (unpaired) electrons. The van der Waals surface area contributed by atoms with E-state index < -0.39 is 5.82 Å². The smallest absolute Gasteiger partial charge is 0.238 e. The molecule has 1 aliphatic heterocycles. The zero-order valence-corrected chi connectivity index (χ0v) is 10.6. The minimum atomic E-state index is -0.439. The number of amides is 1. The summed E-state index contributed by atoms with van der Waals surface area (Å²) in [6, 6.07) is 3.87. The Morgan fingerprint density at radius 2 is 2.37 bits per heavy atom. The number of rotatable bonds is 4. The van der Waals surface area contributed by atoms with E-state index in [-0.39, 0.29) is 25.0 Å². The van der Waals surface area contributed by atoms with Gasteiger partial charge in [-0.2, -0.15) is 0 Å². The molecule has 1 heterocycles. The fraction of sp³-hybridized carbons (Fsp3) is 0.462. The molecule has 0 bridgehead atoms. The highest BCUT2D eigenvalue weighted by molar-refractivity contribution is 5.95. The Bertz CT molecular complexity index is 467. The van der Waals surface area contributed by atoms with Gasteiger partial charge in [-0.25, -0.2) is 4.39 Å². The van der Waals surface area contributed by atoms with Crippen molar-refractivity contribution in [2.75, 3.05) is 37.3 Å². The van der Waals surface area contributed by atoms with Gasteiger partial charge in [0.2, 0.25) is 5.91 Å². The van der Waals surface area contributed by atoms with Gasteiger partial charge in [-0.15, -0.1) is 0 Å². The quantitative estimate of drug-likeness (QED) is 0.700. The maximum atomic E-state index is 13.1. The Kier molecular flexibility index (Phi) is 4.34. The molecule has 1 fully saturated rings. The molecule has 1 aromatic rings. The molecule has 1 aliphatic rings. The van der Waals surface area contributed by atoms with Crippen molar-refractivity contribution in [2.45, 2.75) is 6.42 Å². The van der Waals surface area contributed by atoms with Gasteiger partial charge in [0, 0.05) is 13.2 Å². The number of nitrogens with two attached hydrogens (primary N) is 1. The number of aliphatic hydroxyl groups excluding tert-OH is 1. The molecule has 0 aromatic heterocycles. The van der Waals surface area contributed by atoms with Crippen LogP contribution in [0.3, 0.4) is 0 Å². The van der Waals surface area contributed by atoms with Crippen molar-refractivity contribution in [1.82, 2.24) is 4.90 Å². The van der Waals surface area contributed by atoms with Crippen molar-refractivity contribution in [3.63, 3.8) is 0 Å². The number of hydrogen-bond acceptors (Lipinski definition) is 4. The van der Waals surface area contributed by atoms with Crippen LogP contribution in [-0.2, 0) is 4.79 Å². The molecular weight excluding hydrogens is 249 g/mol. The van der Waals surface area contributed by atoms with Crippen LogP contribution in [0.25, 0.3) is 0 Å². The predicted molar refractivity (Wildman–Crippen MR) is 71.1 cm³/mol. The molecule has 0 spiro atoms. The zero-order chi connectivity index (χ0) is 13.8. The van der Waals surface area contributed by atoms with E-state index >= 15 is 0 Å². The number of carbonyl (C=O) groups excluding carboxylic acids is 1. The summed E-state index contributed by atoms with van der Waals surface area (Å²) in [6.07, 6.45) is 0.895. The first-order valence-electron chi connectivity index (χ1n) is 6.26. The van der Waals surface area contributed by atoms with Crippen LogP contribution in [0.1, 0.15) is 6.42 Å². The molecule has 4 N–H and O–H groups in total. The standard InChI is InChI=1S/C13H18FN3O2/c14-10-1-2-11(15)12(5-10)16-13(19)7-17-4-3-9(6-17)8-18/h1-2,5,9,18H,3-4,6-8,15H2,(H,16,19). The Morgan fingerprint density at radius 3 is 3.05 bits per heavy atom. The van der Waals surface area contributed by atoms with Gasteiger partial charge in [0.1, 0.15) is 5.82 Å². The number of nitrogens with zero attached hydrogens (tertiary/aromatic N) is 1. The van der Waals surface area contributed by atoms with Crippen LogP contribution in [0.5, 0.6) is 0 Å². The maximum Gasteiger partial charge on any atom is 0.238 e. The summed E-state index contributed by atoms with van der Waals surface area (Å²) < 4.78 is 13.1. The van der Waals surface area contributed by atoms with Crippen LogP contribution < -0.4 is 11.1 Å². The van der Waals surface area contributed by atoms with Crippen LogP contribution in [0.2, 0.25) is 0 Å². The lowest BCUT2D eigenvalue weighted by molar-refractivity contribution is -0.117. The third-order valence-corrected chi connectivity index (χ3v) is 3.28. The van der Waals surface area contributed by atoms with Gasteiger partial charge in [-0.3, -0.25) is 9.69 Å². The summed E-state index contributed by atoms with van der Waals surface area (Å²) in [6.45, 7) is 1.88. The lowest BCUT2D eigenvalue weighted by Gasteiger charge is -2.15. The van der Waals surface area contributed by atoms with Crippen LogP contribution in [-0.4, -0.2) is 42.2 Å². The summed E-state index contributed by atoms with van der Waals surface area (Å²) >= 11 is 0. The van der Waals surface area contributed by atoms with Crippen LogP contribution in [0.15, 0.2) is 18.2 Å². The molecule has 5 nitrogen and oxygen atoms in total. The minimum Gasteiger partial charge on any atom is -0.397 e. The first-order valence-corrected chi connectivity index (χ1v) is 6.26. The zero-order valence-electron chi connectivity index (χ0n) is 10.6. The molecule has 1 amide bonds. The van der Waals surface area contributed by atoms with Crippen molar-refractivity contribution in [2.24, 2.45) is 5.92 Å². The van der Waals surface area contributed by atoms with Crippen molar-refractivity contribution >= 4 is 17.3 Å². The second kappa shape index (κ2) is 5.99. The van der Waals surface area contributed by atoms with E-state index in [2.05, 4.69) is 5.32 Å². The Labute approximate surface area is 111 Å². The summed E-state index contributed by atoms with van der Waals surface area (Å²) in [5.41, 5.74) is 6.29. The monoisotopic (exact) mass is 267 g/mol. The van der Waals surface area contributed by atoms with E-state index in [1.165, 1.54) is 18.2 Å². The van der Waals surface area contributed by atoms with Gasteiger partial charge in [0.05, 0.1) is 17.9 Å². The molecule has 104 valence electrons. The average molecular weight is 267 g/mol. The number of likely N-dealkylation sites (tertiary alicyclic amines) is 1. The van der Waals surface area contributed by atoms with Crippen molar-refractivity contribution in [3.05, 3.63) is 24.0 Å². The van der Waals surface area contributed by atoms with Gasteiger partial charge in [-0.05, 0) is 37.1 Å². The number of halogens is 1. The maximum absolute atomic E-state index is 13.1. The number of nitrogens with one attached hydrogen (secondary N) is 1. The SMILES string of the molecule is Nc1ccc(F)cc1NC(=O)CN1CCC(CO)C1. The highest BCUT2D eigenvalue weighted by Crippen LogP contribution is 2.20. The van der Waals surface area contributed by atoms with E-state index in [9.17, 15) is 9.18 Å². The summed E-state index contributed by atoms with van der Waals surface area (Å²) in [5.74, 6) is -0.422. The molecule has 19 heavy (non-hydrogen) atoms. The number of nitrogen functional groups attached to an aromatic ring is 1. The van der Waals surface area contributed by atoms with Gasteiger partial charge < -0.3 is 16.2 Å². The molecule has 1 atom stereocenters. The highest BCUT2D eigenvalue weighted by atomic mass is 19.1. The molecule has 2 rings (SSSR count). The van der Waals surface area contributed by atoms with Crippen molar-refractivity contribution < 1.29 is 14.3 Å². The molecule has 0 aliphatic carbocycles. The predicted octanol–water partition coefficient (Wildman–Crippen LogP) is 0.661. The lowest BCUT2D eigenvalue weighted by atomic mass is 10.1. The Balaban J connectivity index is 1.89. The highest BCUT2D eigenvalue weighted by Gasteiger charge is 2.23. The fourth-order valence-electron chi connectivity index (χ4n) is 2.24. The molecule has 6 heteroatoms. The summed E-state index contributed by atoms with van der Waals surface area (Å²) in [5, 5.41) is 11.6. The topological polar surface area (TPSA) is 78.6 Å². The lowest BCUT2D eigenvalue weighted by Crippen LogP contribution is -2.32. The third-order valence-electron chi connectivity index (χ3n) is 3.28. The number of anilines is 2. The first kappa shape index (κ1) is 13.8. The second-order valence-corrected chi connectivity index (χ2v) is 4.85. The molecular formula is C13H18FN3O2. The number of aliphatic hydroxyl groups is 1. The molecule has 1 unspecified atom stereocenters. The minimum absolute atomic E-state index is 0.148. The van der Waals surface area contributed by atoms with Gasteiger partial charge in [0.25, 0.3) is 0 Å². The summed E-state index contributed by atoms with van der Waals surface area (Å²) in [7, 11) is 0. The molecule has 1 aromatic carbocycles. The molecule has 0 saturated carbocycles. The van der Waals surface area contributed by atoms with E-state index in [4.69, 9.17) is 10.8 Å². The average Bonchev–Trinajstić information content (AvgIpc) is 2.81. The first-order chi connectivity index (χ1) is 9.08. The fourth-order valence-corrected chi connectivity index (χ4v) is 2.24. The number of hydrogen-bond donors (Lipinski definition) is 3. The van der Waals surface area contributed by atoms with Crippen molar-refractivity contribution in [1.29, 1.82) is 0 Å². The van der Waals surface area contributed by atoms with E-state index in [1.54, 1.807) is 0 Å². The second-order valence-electron chi connectivity index (χ2n) is 4.85. The summed E-state index contributed by atoms with van der Waals surface area (Å²) in [4.78, 5) is 13.8. The third kappa shape index (κ3) is 3.65. The number of carbonyl (C=O) groups is 1. The normalized spacial score (nSPS) is 19.6. The van der Waals surface area contributed by atoms with E-state index in [0.717, 1.165) is 13.0 Å². The van der Waals surface area contributed by atoms with Gasteiger partial charge >= 0.3 is 0 Å². The number of benzene rings is 1. The Morgan fingerprint density at radius 1 is 1.58 bits per heavy atom. The Hall–Kier alpha value is -1.66. The van der Waals surface area contributed by atoms with Gasteiger partial charge in [-0.1, -0.05) is 0 Å². The van der Waals surface area contributed by atoms with Crippen LogP contribution in [0, 0.1) is 11.7 Å². The van der Waals surface area contributed by atoms with Crippen LogP contribution in [0.4, 0.5) is 15.8 Å². The van der Waals surface area contributed by atoms with E-state index in [1.807, 2.05) is 4.90 Å². The van der Waals surface area contributed by atoms with E-state index in [0.29, 0.717) is 17.9 Å². The van der Waals surface area contributed by atoms with Crippen molar-refractivity contribution in [3.8, 4) is 0 Å².